The topological polar surface area (TPSA) is 50.5 Å². The van der Waals surface area contributed by atoms with Gasteiger partial charge in [0, 0.05) is 22.4 Å². The number of benzene rings is 1. The van der Waals surface area contributed by atoms with Gasteiger partial charge in [-0.15, -0.1) is 0 Å². The molecule has 1 aromatic carbocycles. The number of fused-ring (bicyclic) bond motifs is 1. The summed E-state index contributed by atoms with van der Waals surface area (Å²) in [6, 6.07) is 7.26. The van der Waals surface area contributed by atoms with Crippen molar-refractivity contribution in [2.45, 2.75) is 38.6 Å². The van der Waals surface area contributed by atoms with Gasteiger partial charge in [0.25, 0.3) is 5.91 Å². The van der Waals surface area contributed by atoms with Crippen LogP contribution in [0.1, 0.15) is 43.0 Å². The Labute approximate surface area is 137 Å². The lowest BCUT2D eigenvalue weighted by Crippen LogP contribution is -2.44. The van der Waals surface area contributed by atoms with Crippen molar-refractivity contribution in [1.29, 1.82) is 0 Å². The van der Waals surface area contributed by atoms with Gasteiger partial charge in [0.05, 0.1) is 0 Å². The molecular formula is C17H18BrNO3. The number of amides is 1. The number of carbonyl (C=O) groups excluding carboxylic acids is 1. The van der Waals surface area contributed by atoms with E-state index in [9.17, 15) is 9.59 Å². The van der Waals surface area contributed by atoms with Crippen LogP contribution < -0.4 is 5.63 Å². The number of likely N-dealkylation sites (tertiary alicyclic amines) is 1. The molecule has 1 aliphatic rings. The van der Waals surface area contributed by atoms with Crippen molar-refractivity contribution in [1.82, 2.24) is 4.90 Å². The minimum absolute atomic E-state index is 0.131. The van der Waals surface area contributed by atoms with Crippen LogP contribution in [0.2, 0.25) is 0 Å². The molecular weight excluding hydrogens is 346 g/mol. The first kappa shape index (κ1) is 15.3. The quantitative estimate of drug-likeness (QED) is 0.758. The van der Waals surface area contributed by atoms with E-state index in [0.29, 0.717) is 12.1 Å². The van der Waals surface area contributed by atoms with Crippen LogP contribution >= 0.6 is 15.9 Å². The van der Waals surface area contributed by atoms with E-state index < -0.39 is 5.63 Å². The highest BCUT2D eigenvalue weighted by atomic mass is 79.9. The van der Waals surface area contributed by atoms with Gasteiger partial charge in [-0.3, -0.25) is 4.79 Å². The third kappa shape index (κ3) is 2.82. The Morgan fingerprint density at radius 3 is 2.95 bits per heavy atom. The van der Waals surface area contributed by atoms with Crippen LogP contribution in [0.5, 0.6) is 0 Å². The van der Waals surface area contributed by atoms with Gasteiger partial charge < -0.3 is 9.32 Å². The highest BCUT2D eigenvalue weighted by molar-refractivity contribution is 9.10. The fourth-order valence-electron chi connectivity index (χ4n) is 3.09. The number of rotatable bonds is 2. The molecule has 1 saturated heterocycles. The van der Waals surface area contributed by atoms with Gasteiger partial charge in [0.15, 0.2) is 0 Å². The van der Waals surface area contributed by atoms with E-state index in [1.807, 2.05) is 17.0 Å². The Bertz CT molecular complexity index is 768. The van der Waals surface area contributed by atoms with E-state index in [1.165, 1.54) is 0 Å². The Kier molecular flexibility index (Phi) is 4.34. The number of nitrogens with zero attached hydrogens (tertiary/aromatic N) is 1. The Morgan fingerprint density at radius 2 is 2.18 bits per heavy atom. The molecule has 0 unspecified atom stereocenters. The van der Waals surface area contributed by atoms with Gasteiger partial charge in [0.2, 0.25) is 0 Å². The van der Waals surface area contributed by atoms with E-state index >= 15 is 0 Å². The van der Waals surface area contributed by atoms with E-state index in [1.54, 1.807) is 12.1 Å². The van der Waals surface area contributed by atoms with Crippen LogP contribution in [0.4, 0.5) is 0 Å². The summed E-state index contributed by atoms with van der Waals surface area (Å²) in [5.74, 6) is -0.206. The van der Waals surface area contributed by atoms with Gasteiger partial charge >= 0.3 is 5.63 Å². The normalized spacial score (nSPS) is 18.6. The van der Waals surface area contributed by atoms with Crippen molar-refractivity contribution < 1.29 is 9.21 Å². The average molecular weight is 364 g/mol. The molecule has 116 valence electrons. The largest absolute Gasteiger partial charge is 0.422 e. The average Bonchev–Trinajstić information content (AvgIpc) is 2.54. The molecule has 5 heteroatoms. The molecule has 1 atom stereocenters. The number of carbonyl (C=O) groups is 1. The highest BCUT2D eigenvalue weighted by Crippen LogP contribution is 2.23. The molecule has 1 amide bonds. The molecule has 3 rings (SSSR count). The molecule has 1 aliphatic heterocycles. The van der Waals surface area contributed by atoms with E-state index in [4.69, 9.17) is 4.42 Å². The zero-order valence-electron chi connectivity index (χ0n) is 12.5. The molecule has 0 aliphatic carbocycles. The summed E-state index contributed by atoms with van der Waals surface area (Å²) < 4.78 is 6.19. The number of piperidine rings is 1. The smallest absolute Gasteiger partial charge is 0.349 e. The van der Waals surface area contributed by atoms with Gasteiger partial charge in [-0.2, -0.15) is 0 Å². The molecule has 0 N–H and O–H groups in total. The Hall–Kier alpha value is -1.62. The van der Waals surface area contributed by atoms with Crippen LogP contribution in [0.3, 0.4) is 0 Å². The summed E-state index contributed by atoms with van der Waals surface area (Å²) in [6.07, 6.45) is 4.05. The maximum absolute atomic E-state index is 12.8. The zero-order chi connectivity index (χ0) is 15.7. The SMILES string of the molecule is CC[C@@H]1CCCCN1C(=O)c1cc2cc(Br)ccc2oc1=O. The standard InChI is InChI=1S/C17H18BrNO3/c1-2-13-5-3-4-8-19(13)16(20)14-10-11-9-12(18)6-7-15(11)22-17(14)21/h6-7,9-10,13H,2-5,8H2,1H3/t13-/m1/s1. The minimum atomic E-state index is -0.555. The number of hydrogen-bond donors (Lipinski definition) is 0. The number of hydrogen-bond acceptors (Lipinski definition) is 3. The van der Waals surface area contributed by atoms with Crippen molar-refractivity contribution in [3.05, 3.63) is 44.7 Å². The fraction of sp³-hybridized carbons (Fsp3) is 0.412. The van der Waals surface area contributed by atoms with Crippen LogP contribution in [-0.2, 0) is 0 Å². The lowest BCUT2D eigenvalue weighted by atomic mass is 9.99. The first-order chi connectivity index (χ1) is 10.6. The molecule has 0 spiro atoms. The summed E-state index contributed by atoms with van der Waals surface area (Å²) in [4.78, 5) is 26.8. The first-order valence-electron chi connectivity index (χ1n) is 7.64. The molecule has 4 nitrogen and oxygen atoms in total. The summed E-state index contributed by atoms with van der Waals surface area (Å²) in [7, 11) is 0. The molecule has 0 radical (unpaired) electrons. The minimum Gasteiger partial charge on any atom is -0.422 e. The van der Waals surface area contributed by atoms with E-state index in [0.717, 1.165) is 35.5 Å². The van der Waals surface area contributed by atoms with Crippen LogP contribution in [0, 0.1) is 0 Å². The predicted octanol–water partition coefficient (Wildman–Crippen LogP) is 3.96. The molecule has 0 saturated carbocycles. The summed E-state index contributed by atoms with van der Waals surface area (Å²) in [5, 5.41) is 0.752. The number of halogens is 1. The summed E-state index contributed by atoms with van der Waals surface area (Å²) in [5.41, 5.74) is 0.0710. The Morgan fingerprint density at radius 1 is 1.36 bits per heavy atom. The zero-order valence-corrected chi connectivity index (χ0v) is 14.1. The first-order valence-corrected chi connectivity index (χ1v) is 8.44. The lowest BCUT2D eigenvalue weighted by Gasteiger charge is -2.35. The van der Waals surface area contributed by atoms with E-state index in [2.05, 4.69) is 22.9 Å². The molecule has 1 aromatic heterocycles. The molecule has 1 fully saturated rings. The van der Waals surface area contributed by atoms with Crippen molar-refractivity contribution in [3.8, 4) is 0 Å². The molecule has 2 aromatic rings. The van der Waals surface area contributed by atoms with Crippen LogP contribution in [0.15, 0.2) is 37.9 Å². The summed E-state index contributed by atoms with van der Waals surface area (Å²) in [6.45, 7) is 2.80. The van der Waals surface area contributed by atoms with Crippen molar-refractivity contribution in [2.24, 2.45) is 0 Å². The second kappa shape index (κ2) is 6.24. The van der Waals surface area contributed by atoms with E-state index in [-0.39, 0.29) is 17.5 Å². The van der Waals surface area contributed by atoms with Gasteiger partial charge in [-0.05, 0) is 49.9 Å². The van der Waals surface area contributed by atoms with Crippen LogP contribution in [-0.4, -0.2) is 23.4 Å². The monoisotopic (exact) mass is 363 g/mol. The fourth-order valence-corrected chi connectivity index (χ4v) is 3.47. The van der Waals surface area contributed by atoms with Crippen molar-refractivity contribution >= 4 is 32.8 Å². The van der Waals surface area contributed by atoms with Gasteiger partial charge in [-0.25, -0.2) is 4.79 Å². The predicted molar refractivity (Wildman–Crippen MR) is 89.2 cm³/mol. The molecule has 22 heavy (non-hydrogen) atoms. The van der Waals surface area contributed by atoms with Crippen molar-refractivity contribution in [3.63, 3.8) is 0 Å². The second-order valence-electron chi connectivity index (χ2n) is 5.69. The highest BCUT2D eigenvalue weighted by Gasteiger charge is 2.28. The van der Waals surface area contributed by atoms with Gasteiger partial charge in [0.1, 0.15) is 11.1 Å². The molecule has 2 heterocycles. The maximum Gasteiger partial charge on any atom is 0.349 e. The lowest BCUT2D eigenvalue weighted by molar-refractivity contribution is 0.0604. The summed E-state index contributed by atoms with van der Waals surface area (Å²) >= 11 is 3.39. The Balaban J connectivity index is 2.03. The maximum atomic E-state index is 12.8. The van der Waals surface area contributed by atoms with Crippen molar-refractivity contribution in [2.75, 3.05) is 6.54 Å². The third-order valence-electron chi connectivity index (χ3n) is 4.28. The second-order valence-corrected chi connectivity index (χ2v) is 6.60. The van der Waals surface area contributed by atoms with Gasteiger partial charge in [-0.1, -0.05) is 22.9 Å². The molecule has 0 bridgehead atoms. The van der Waals surface area contributed by atoms with Crippen LogP contribution in [0.25, 0.3) is 11.0 Å². The third-order valence-corrected chi connectivity index (χ3v) is 4.78.